The Morgan fingerprint density at radius 1 is 0.762 bits per heavy atom. The number of hydrogen-bond donors (Lipinski definition) is 0. The van der Waals surface area contributed by atoms with Crippen molar-refractivity contribution in [3.05, 3.63) is 71.3 Å². The van der Waals surface area contributed by atoms with Gasteiger partial charge in [-0.15, -0.1) is 12.4 Å². The first-order valence-corrected chi connectivity index (χ1v) is 7.71. The summed E-state index contributed by atoms with van der Waals surface area (Å²) in [5, 5.41) is 0. The zero-order valence-corrected chi connectivity index (χ0v) is 13.1. The Hall–Kier alpha value is -1.31. The van der Waals surface area contributed by atoms with Crippen molar-refractivity contribution in [3.63, 3.8) is 0 Å². The third-order valence-corrected chi connectivity index (χ3v) is 4.98. The largest absolute Gasteiger partial charge is 0.298 e. The Kier molecular flexibility index (Phi) is 4.32. The van der Waals surface area contributed by atoms with E-state index in [9.17, 15) is 0 Å². The van der Waals surface area contributed by atoms with Crippen molar-refractivity contribution in [2.75, 3.05) is 13.1 Å². The van der Waals surface area contributed by atoms with Crippen LogP contribution in [0.4, 0.5) is 0 Å². The molecule has 1 heterocycles. The lowest BCUT2D eigenvalue weighted by Crippen LogP contribution is -2.23. The van der Waals surface area contributed by atoms with E-state index in [4.69, 9.17) is 0 Å². The SMILES string of the molecule is Cl.c1ccc(CN2C[C@H]3Cc4ccccc4C[C@H]3C2)cc1. The lowest BCUT2D eigenvalue weighted by atomic mass is 9.78. The van der Waals surface area contributed by atoms with Crippen LogP contribution in [0.5, 0.6) is 0 Å². The van der Waals surface area contributed by atoms with E-state index in [1.165, 1.54) is 31.5 Å². The van der Waals surface area contributed by atoms with Crippen molar-refractivity contribution in [3.8, 4) is 0 Å². The highest BCUT2D eigenvalue weighted by Gasteiger charge is 2.35. The molecule has 0 aromatic heterocycles. The van der Waals surface area contributed by atoms with E-state index in [-0.39, 0.29) is 12.4 Å². The molecule has 4 rings (SSSR count). The molecular weight excluding hydrogens is 278 g/mol. The second kappa shape index (κ2) is 6.21. The van der Waals surface area contributed by atoms with Crippen molar-refractivity contribution < 1.29 is 0 Å². The topological polar surface area (TPSA) is 3.24 Å². The predicted octanol–water partition coefficient (Wildman–Crippen LogP) is 3.96. The normalized spacial score (nSPS) is 24.0. The monoisotopic (exact) mass is 299 g/mol. The fraction of sp³-hybridized carbons (Fsp3) is 0.368. The summed E-state index contributed by atoms with van der Waals surface area (Å²) in [6.07, 6.45) is 2.57. The fourth-order valence-electron chi connectivity index (χ4n) is 3.99. The van der Waals surface area contributed by atoms with Crippen LogP contribution >= 0.6 is 12.4 Å². The first-order valence-electron chi connectivity index (χ1n) is 7.71. The van der Waals surface area contributed by atoms with E-state index in [0.29, 0.717) is 0 Å². The molecule has 0 radical (unpaired) electrons. The standard InChI is InChI=1S/C19H21N.ClH/c1-2-6-15(7-3-1)12-20-13-18-10-16-8-4-5-9-17(16)11-19(18)14-20;/h1-9,18-19H,10-14H2;1H/t18-,19+;. The lowest BCUT2D eigenvalue weighted by Gasteiger charge is -2.26. The van der Waals surface area contributed by atoms with E-state index in [0.717, 1.165) is 18.4 Å². The number of likely N-dealkylation sites (tertiary alicyclic amines) is 1. The minimum atomic E-state index is 0. The molecular formula is C19H22ClN. The number of nitrogens with zero attached hydrogens (tertiary/aromatic N) is 1. The number of fused-ring (bicyclic) bond motifs is 2. The highest BCUT2D eigenvalue weighted by atomic mass is 35.5. The molecule has 1 fully saturated rings. The van der Waals surface area contributed by atoms with E-state index < -0.39 is 0 Å². The van der Waals surface area contributed by atoms with Gasteiger partial charge in [-0.25, -0.2) is 0 Å². The third kappa shape index (κ3) is 3.00. The maximum atomic E-state index is 2.65. The van der Waals surface area contributed by atoms with Gasteiger partial charge in [0.2, 0.25) is 0 Å². The Morgan fingerprint density at radius 2 is 1.29 bits per heavy atom. The number of benzene rings is 2. The summed E-state index contributed by atoms with van der Waals surface area (Å²) in [5.74, 6) is 1.74. The first kappa shape index (κ1) is 14.6. The maximum absolute atomic E-state index is 2.65. The van der Waals surface area contributed by atoms with Crippen LogP contribution in [0.25, 0.3) is 0 Å². The molecule has 110 valence electrons. The van der Waals surface area contributed by atoms with E-state index in [1.54, 1.807) is 11.1 Å². The summed E-state index contributed by atoms with van der Waals surface area (Å²) >= 11 is 0. The quantitative estimate of drug-likeness (QED) is 0.811. The van der Waals surface area contributed by atoms with Crippen LogP contribution in [0.2, 0.25) is 0 Å². The average Bonchev–Trinajstić information content (AvgIpc) is 2.86. The molecule has 2 aromatic carbocycles. The van der Waals surface area contributed by atoms with Gasteiger partial charge in [0, 0.05) is 19.6 Å². The van der Waals surface area contributed by atoms with Gasteiger partial charge in [0.25, 0.3) is 0 Å². The number of rotatable bonds is 2. The van der Waals surface area contributed by atoms with Crippen LogP contribution in [0.3, 0.4) is 0 Å². The summed E-state index contributed by atoms with van der Waals surface area (Å²) in [6, 6.07) is 19.9. The van der Waals surface area contributed by atoms with Gasteiger partial charge in [0.05, 0.1) is 0 Å². The molecule has 2 heteroatoms. The number of hydrogen-bond acceptors (Lipinski definition) is 1. The molecule has 0 spiro atoms. The van der Waals surface area contributed by atoms with Crippen LogP contribution in [0, 0.1) is 11.8 Å². The molecule has 0 unspecified atom stereocenters. The molecule has 1 aliphatic carbocycles. The summed E-state index contributed by atoms with van der Waals surface area (Å²) in [5.41, 5.74) is 4.63. The zero-order valence-electron chi connectivity index (χ0n) is 12.2. The van der Waals surface area contributed by atoms with Crippen molar-refractivity contribution in [2.45, 2.75) is 19.4 Å². The van der Waals surface area contributed by atoms with Crippen molar-refractivity contribution in [1.29, 1.82) is 0 Å². The second-order valence-corrected chi connectivity index (χ2v) is 6.38. The smallest absolute Gasteiger partial charge is 0.0233 e. The average molecular weight is 300 g/mol. The first-order chi connectivity index (χ1) is 9.88. The van der Waals surface area contributed by atoms with Crippen molar-refractivity contribution in [2.24, 2.45) is 11.8 Å². The van der Waals surface area contributed by atoms with Gasteiger partial charge in [0.1, 0.15) is 0 Å². The molecule has 1 nitrogen and oxygen atoms in total. The lowest BCUT2D eigenvalue weighted by molar-refractivity contribution is 0.314. The molecule has 21 heavy (non-hydrogen) atoms. The van der Waals surface area contributed by atoms with Gasteiger partial charge in [-0.1, -0.05) is 54.6 Å². The molecule has 1 saturated heterocycles. The van der Waals surface area contributed by atoms with Gasteiger partial charge in [-0.3, -0.25) is 4.90 Å². The molecule has 0 saturated carbocycles. The molecule has 0 bridgehead atoms. The Bertz CT molecular complexity index is 563. The van der Waals surface area contributed by atoms with E-state index in [1.807, 2.05) is 0 Å². The van der Waals surface area contributed by atoms with Crippen LogP contribution < -0.4 is 0 Å². The van der Waals surface area contributed by atoms with Gasteiger partial charge < -0.3 is 0 Å². The minimum absolute atomic E-state index is 0. The van der Waals surface area contributed by atoms with Crippen LogP contribution in [-0.2, 0) is 19.4 Å². The van der Waals surface area contributed by atoms with Gasteiger partial charge in [0.15, 0.2) is 0 Å². The molecule has 2 aliphatic rings. The third-order valence-electron chi connectivity index (χ3n) is 4.98. The van der Waals surface area contributed by atoms with E-state index in [2.05, 4.69) is 59.5 Å². The highest BCUT2D eigenvalue weighted by Crippen LogP contribution is 2.36. The van der Waals surface area contributed by atoms with E-state index >= 15 is 0 Å². The predicted molar refractivity (Wildman–Crippen MR) is 89.8 cm³/mol. The molecule has 2 atom stereocenters. The van der Waals surface area contributed by atoms with Gasteiger partial charge in [-0.05, 0) is 41.4 Å². The van der Waals surface area contributed by atoms with Gasteiger partial charge in [-0.2, -0.15) is 0 Å². The number of halogens is 1. The molecule has 0 N–H and O–H groups in total. The van der Waals surface area contributed by atoms with Crippen LogP contribution in [0.15, 0.2) is 54.6 Å². The molecule has 1 aliphatic heterocycles. The van der Waals surface area contributed by atoms with Crippen molar-refractivity contribution >= 4 is 12.4 Å². The Morgan fingerprint density at radius 3 is 1.86 bits per heavy atom. The summed E-state index contributed by atoms with van der Waals surface area (Å²) in [4.78, 5) is 2.65. The summed E-state index contributed by atoms with van der Waals surface area (Å²) in [6.45, 7) is 3.66. The van der Waals surface area contributed by atoms with Gasteiger partial charge >= 0.3 is 0 Å². The summed E-state index contributed by atoms with van der Waals surface area (Å²) < 4.78 is 0. The van der Waals surface area contributed by atoms with Crippen LogP contribution in [-0.4, -0.2) is 18.0 Å². The fourth-order valence-corrected chi connectivity index (χ4v) is 3.99. The Labute approximate surface area is 133 Å². The summed E-state index contributed by atoms with van der Waals surface area (Å²) in [7, 11) is 0. The van der Waals surface area contributed by atoms with Crippen LogP contribution in [0.1, 0.15) is 16.7 Å². The minimum Gasteiger partial charge on any atom is -0.298 e. The highest BCUT2D eigenvalue weighted by molar-refractivity contribution is 5.85. The van der Waals surface area contributed by atoms with Crippen molar-refractivity contribution in [1.82, 2.24) is 4.90 Å². The molecule has 2 aromatic rings. The zero-order chi connectivity index (χ0) is 13.4. The maximum Gasteiger partial charge on any atom is 0.0233 e. The molecule has 0 amide bonds. The second-order valence-electron chi connectivity index (χ2n) is 6.38. The Balaban J connectivity index is 0.00000132.